The zero-order valence-corrected chi connectivity index (χ0v) is 14.0. The number of carboxylic acid groups (broad SMARTS) is 1. The maximum absolute atomic E-state index is 13.3. The van der Waals surface area contributed by atoms with Crippen molar-refractivity contribution in [1.29, 1.82) is 0 Å². The van der Waals surface area contributed by atoms with E-state index < -0.39 is 28.4 Å². The van der Waals surface area contributed by atoms with Crippen LogP contribution in [0.5, 0.6) is 5.75 Å². The van der Waals surface area contributed by atoms with Gasteiger partial charge in [-0.25, -0.2) is 12.8 Å². The molecule has 128 valence electrons. The van der Waals surface area contributed by atoms with Gasteiger partial charge in [-0.05, 0) is 42.5 Å². The highest BCUT2D eigenvalue weighted by Gasteiger charge is 2.27. The molecule has 0 radical (unpaired) electrons. The molecule has 24 heavy (non-hydrogen) atoms. The molecule has 0 aliphatic carbocycles. The van der Waals surface area contributed by atoms with Crippen molar-refractivity contribution < 1.29 is 27.4 Å². The van der Waals surface area contributed by atoms with Crippen molar-refractivity contribution >= 4 is 33.3 Å². The molecule has 0 bridgehead atoms. The number of carboxylic acids is 1. The van der Waals surface area contributed by atoms with Gasteiger partial charge in [0, 0.05) is 0 Å². The van der Waals surface area contributed by atoms with Gasteiger partial charge in [-0.2, -0.15) is 0 Å². The second kappa shape index (κ2) is 7.06. The molecule has 0 aliphatic heterocycles. The van der Waals surface area contributed by atoms with E-state index in [0.29, 0.717) is 10.1 Å². The van der Waals surface area contributed by atoms with Gasteiger partial charge in [0.15, 0.2) is 0 Å². The number of halogens is 2. The highest BCUT2D eigenvalue weighted by atomic mass is 35.5. The average Bonchev–Trinajstić information content (AvgIpc) is 2.55. The van der Waals surface area contributed by atoms with E-state index in [9.17, 15) is 17.6 Å². The Hall–Kier alpha value is -2.32. The molecule has 0 spiro atoms. The first-order valence-corrected chi connectivity index (χ1v) is 8.41. The Bertz CT molecular complexity index is 855. The molecule has 2 rings (SSSR count). The first-order chi connectivity index (χ1) is 11.3. The van der Waals surface area contributed by atoms with E-state index in [0.717, 1.165) is 18.2 Å². The molecule has 0 aliphatic rings. The quantitative estimate of drug-likeness (QED) is 0.841. The van der Waals surface area contributed by atoms with Crippen molar-refractivity contribution in [3.63, 3.8) is 0 Å². The third kappa shape index (κ3) is 3.77. The molecular formula is C15H13ClFNO5S. The number of methoxy groups -OCH3 is 1. The maximum Gasteiger partial charge on any atom is 0.324 e. The van der Waals surface area contributed by atoms with Crippen LogP contribution in [0, 0.1) is 5.82 Å². The van der Waals surface area contributed by atoms with E-state index in [4.69, 9.17) is 21.4 Å². The van der Waals surface area contributed by atoms with Gasteiger partial charge in [0.25, 0.3) is 10.0 Å². The molecule has 0 aromatic heterocycles. The number of carbonyl (C=O) groups is 1. The van der Waals surface area contributed by atoms with Gasteiger partial charge >= 0.3 is 5.97 Å². The molecule has 0 saturated carbocycles. The van der Waals surface area contributed by atoms with Crippen molar-refractivity contribution in [1.82, 2.24) is 0 Å². The summed E-state index contributed by atoms with van der Waals surface area (Å²) < 4.78 is 44.4. The van der Waals surface area contributed by atoms with E-state index >= 15 is 0 Å². The Morgan fingerprint density at radius 1 is 1.25 bits per heavy atom. The SMILES string of the molecule is COc1ccc(S(=O)(=O)N(CC(=O)O)c2ccc(F)c(Cl)c2)cc1. The Morgan fingerprint density at radius 2 is 1.88 bits per heavy atom. The summed E-state index contributed by atoms with van der Waals surface area (Å²) in [5.74, 6) is -1.66. The van der Waals surface area contributed by atoms with Crippen LogP contribution in [0.15, 0.2) is 47.4 Å². The maximum atomic E-state index is 13.3. The number of ether oxygens (including phenoxy) is 1. The van der Waals surface area contributed by atoms with Crippen molar-refractivity contribution in [3.8, 4) is 5.75 Å². The first-order valence-electron chi connectivity index (χ1n) is 6.59. The van der Waals surface area contributed by atoms with Gasteiger partial charge in [-0.15, -0.1) is 0 Å². The Morgan fingerprint density at radius 3 is 2.38 bits per heavy atom. The number of nitrogens with zero attached hydrogens (tertiary/aromatic N) is 1. The van der Waals surface area contributed by atoms with Crippen molar-refractivity contribution in [2.45, 2.75) is 4.90 Å². The largest absolute Gasteiger partial charge is 0.497 e. The van der Waals surface area contributed by atoms with Crippen LogP contribution in [-0.4, -0.2) is 33.1 Å². The number of aliphatic carboxylic acids is 1. The standard InChI is InChI=1S/C15H13ClFNO5S/c1-23-11-3-5-12(6-4-11)24(21,22)18(9-15(19)20)10-2-7-14(17)13(16)8-10/h2-8H,9H2,1H3,(H,19,20). The smallest absolute Gasteiger partial charge is 0.324 e. The third-order valence-electron chi connectivity index (χ3n) is 3.12. The van der Waals surface area contributed by atoms with Crippen LogP contribution < -0.4 is 9.04 Å². The molecule has 6 nitrogen and oxygen atoms in total. The highest BCUT2D eigenvalue weighted by molar-refractivity contribution is 7.92. The number of hydrogen-bond acceptors (Lipinski definition) is 4. The van der Waals surface area contributed by atoms with Crippen molar-refractivity contribution in [2.24, 2.45) is 0 Å². The lowest BCUT2D eigenvalue weighted by atomic mass is 10.3. The van der Waals surface area contributed by atoms with Gasteiger partial charge in [0.05, 0.1) is 22.7 Å². The van der Waals surface area contributed by atoms with Crippen LogP contribution >= 0.6 is 11.6 Å². The summed E-state index contributed by atoms with van der Waals surface area (Å²) >= 11 is 5.67. The van der Waals surface area contributed by atoms with Crippen LogP contribution in [-0.2, 0) is 14.8 Å². The van der Waals surface area contributed by atoms with E-state index in [-0.39, 0.29) is 15.6 Å². The lowest BCUT2D eigenvalue weighted by Gasteiger charge is -2.23. The normalized spacial score (nSPS) is 11.1. The van der Waals surface area contributed by atoms with Gasteiger partial charge < -0.3 is 9.84 Å². The van der Waals surface area contributed by atoms with Crippen molar-refractivity contribution in [2.75, 3.05) is 18.0 Å². The fraction of sp³-hybridized carbons (Fsp3) is 0.133. The number of anilines is 1. The van der Waals surface area contributed by atoms with E-state index in [1.54, 1.807) is 0 Å². The summed E-state index contributed by atoms with van der Waals surface area (Å²) in [5, 5.41) is 8.72. The van der Waals surface area contributed by atoms with Crippen LogP contribution in [0.2, 0.25) is 5.02 Å². The van der Waals surface area contributed by atoms with Crippen LogP contribution in [0.4, 0.5) is 10.1 Å². The van der Waals surface area contributed by atoms with Gasteiger partial charge in [0.1, 0.15) is 18.1 Å². The zero-order chi connectivity index (χ0) is 17.9. The molecule has 2 aromatic rings. The minimum absolute atomic E-state index is 0.0559. The first kappa shape index (κ1) is 18.0. The fourth-order valence-electron chi connectivity index (χ4n) is 1.95. The number of hydrogen-bond donors (Lipinski definition) is 1. The summed E-state index contributed by atoms with van der Waals surface area (Å²) in [6, 6.07) is 8.61. The fourth-order valence-corrected chi connectivity index (χ4v) is 3.53. The minimum Gasteiger partial charge on any atom is -0.497 e. The predicted molar refractivity (Wildman–Crippen MR) is 86.6 cm³/mol. The Labute approximate surface area is 143 Å². The minimum atomic E-state index is -4.19. The van der Waals surface area contributed by atoms with Gasteiger partial charge in [-0.3, -0.25) is 9.10 Å². The lowest BCUT2D eigenvalue weighted by molar-refractivity contribution is -0.135. The molecule has 0 saturated heterocycles. The van der Waals surface area contributed by atoms with Crippen LogP contribution in [0.1, 0.15) is 0 Å². The van der Waals surface area contributed by atoms with E-state index in [2.05, 4.69) is 0 Å². The van der Waals surface area contributed by atoms with Gasteiger partial charge in [0.2, 0.25) is 0 Å². The molecular weight excluding hydrogens is 361 g/mol. The highest BCUT2D eigenvalue weighted by Crippen LogP contribution is 2.28. The average molecular weight is 374 g/mol. The molecule has 0 amide bonds. The predicted octanol–water partition coefficient (Wildman–Crippen LogP) is 2.77. The Kier molecular flexibility index (Phi) is 5.30. The summed E-state index contributed by atoms with van der Waals surface area (Å²) in [6.07, 6.45) is 0. The van der Waals surface area contributed by atoms with Crippen LogP contribution in [0.3, 0.4) is 0 Å². The lowest BCUT2D eigenvalue weighted by Crippen LogP contribution is -2.35. The topological polar surface area (TPSA) is 83.9 Å². The molecule has 9 heteroatoms. The molecule has 0 heterocycles. The van der Waals surface area contributed by atoms with E-state index in [1.165, 1.54) is 31.4 Å². The number of benzene rings is 2. The molecule has 0 atom stereocenters. The van der Waals surface area contributed by atoms with Crippen molar-refractivity contribution in [3.05, 3.63) is 53.3 Å². The number of sulfonamides is 1. The second-order valence-electron chi connectivity index (χ2n) is 4.68. The zero-order valence-electron chi connectivity index (χ0n) is 12.4. The number of rotatable bonds is 6. The Balaban J connectivity index is 2.52. The molecule has 1 N–H and O–H groups in total. The van der Waals surface area contributed by atoms with Gasteiger partial charge in [-0.1, -0.05) is 11.6 Å². The molecule has 0 unspecified atom stereocenters. The summed E-state index contributed by atoms with van der Waals surface area (Å²) in [7, 11) is -2.76. The van der Waals surface area contributed by atoms with E-state index in [1.807, 2.05) is 0 Å². The molecule has 2 aromatic carbocycles. The van der Waals surface area contributed by atoms with Crippen LogP contribution in [0.25, 0.3) is 0 Å². The summed E-state index contributed by atoms with van der Waals surface area (Å²) in [4.78, 5) is 10.9. The summed E-state index contributed by atoms with van der Waals surface area (Å²) in [5.41, 5.74) is -0.0559. The third-order valence-corrected chi connectivity index (χ3v) is 5.20. The molecule has 0 fully saturated rings. The summed E-state index contributed by atoms with van der Waals surface area (Å²) in [6.45, 7) is -0.837. The second-order valence-corrected chi connectivity index (χ2v) is 6.95. The monoisotopic (exact) mass is 373 g/mol.